The third-order valence-corrected chi connectivity index (χ3v) is 4.22. The lowest BCUT2D eigenvalue weighted by molar-refractivity contribution is 0.0950. The number of rotatable bonds is 6. The van der Waals surface area contributed by atoms with Gasteiger partial charge in [0.25, 0.3) is 5.91 Å². The zero-order valence-corrected chi connectivity index (χ0v) is 14.8. The van der Waals surface area contributed by atoms with E-state index in [2.05, 4.69) is 20.4 Å². The zero-order chi connectivity index (χ0) is 18.8. The van der Waals surface area contributed by atoms with E-state index in [1.807, 2.05) is 6.92 Å². The van der Waals surface area contributed by atoms with Gasteiger partial charge < -0.3 is 15.2 Å². The second-order valence-corrected chi connectivity index (χ2v) is 6.26. The van der Waals surface area contributed by atoms with Gasteiger partial charge in [0.2, 0.25) is 11.8 Å². The zero-order valence-electron chi connectivity index (χ0n) is 14.8. The van der Waals surface area contributed by atoms with Crippen LogP contribution in [0.4, 0.5) is 0 Å². The molecule has 27 heavy (non-hydrogen) atoms. The van der Waals surface area contributed by atoms with Gasteiger partial charge in [0, 0.05) is 24.5 Å². The fourth-order valence-corrected chi connectivity index (χ4v) is 2.66. The Morgan fingerprint density at radius 3 is 2.85 bits per heavy atom. The molecule has 3 aromatic rings. The first-order chi connectivity index (χ1) is 13.2. The van der Waals surface area contributed by atoms with Crippen molar-refractivity contribution in [3.8, 4) is 28.7 Å². The molecule has 0 saturated heterocycles. The molecule has 0 spiro atoms. The van der Waals surface area contributed by atoms with Crippen molar-refractivity contribution in [1.29, 1.82) is 0 Å². The van der Waals surface area contributed by atoms with Crippen molar-refractivity contribution in [2.75, 3.05) is 6.61 Å². The largest absolute Gasteiger partial charge is 0.493 e. The predicted molar refractivity (Wildman–Crippen MR) is 97.9 cm³/mol. The van der Waals surface area contributed by atoms with Gasteiger partial charge in [-0.05, 0) is 43.5 Å². The van der Waals surface area contributed by atoms with Crippen LogP contribution in [0.1, 0.15) is 30.1 Å². The lowest BCUT2D eigenvalue weighted by Crippen LogP contribution is -2.25. The van der Waals surface area contributed by atoms with E-state index in [1.54, 1.807) is 36.7 Å². The number of nitrogens with one attached hydrogen (secondary N) is 1. The van der Waals surface area contributed by atoms with Crippen LogP contribution in [0.3, 0.4) is 0 Å². The van der Waals surface area contributed by atoms with Crippen molar-refractivity contribution in [2.45, 2.75) is 25.8 Å². The molecule has 1 saturated carbocycles. The minimum atomic E-state index is -0.137. The molecule has 0 aliphatic heterocycles. The van der Waals surface area contributed by atoms with Gasteiger partial charge in [-0.2, -0.15) is 9.78 Å². The molecule has 0 aromatic carbocycles. The van der Waals surface area contributed by atoms with Crippen molar-refractivity contribution >= 4 is 5.91 Å². The van der Waals surface area contributed by atoms with Crippen molar-refractivity contribution in [3.63, 3.8) is 0 Å². The topological polar surface area (TPSA) is 102 Å². The van der Waals surface area contributed by atoms with Crippen LogP contribution in [0.15, 0.2) is 42.9 Å². The maximum atomic E-state index is 12.0. The SMILES string of the molecule is CCOc1cc(-c2cnn(-c3ccc(C(=O)NC4CC4)cn3)c2O)ccn1. The van der Waals surface area contributed by atoms with Crippen LogP contribution in [0.25, 0.3) is 16.9 Å². The number of aromatic nitrogens is 4. The van der Waals surface area contributed by atoms with E-state index >= 15 is 0 Å². The summed E-state index contributed by atoms with van der Waals surface area (Å²) in [5.74, 6) is 0.709. The number of nitrogens with zero attached hydrogens (tertiary/aromatic N) is 4. The van der Waals surface area contributed by atoms with Crippen LogP contribution in [-0.4, -0.2) is 43.4 Å². The van der Waals surface area contributed by atoms with Crippen LogP contribution in [-0.2, 0) is 0 Å². The molecular formula is C19H19N5O3. The summed E-state index contributed by atoms with van der Waals surface area (Å²) >= 11 is 0. The number of hydrogen-bond acceptors (Lipinski definition) is 6. The highest BCUT2D eigenvalue weighted by Crippen LogP contribution is 2.31. The third-order valence-electron chi connectivity index (χ3n) is 4.22. The lowest BCUT2D eigenvalue weighted by Gasteiger charge is -2.06. The minimum Gasteiger partial charge on any atom is -0.493 e. The molecule has 0 bridgehead atoms. The minimum absolute atomic E-state index is 0.0497. The lowest BCUT2D eigenvalue weighted by atomic mass is 10.1. The van der Waals surface area contributed by atoms with Crippen molar-refractivity contribution < 1.29 is 14.6 Å². The van der Waals surface area contributed by atoms with Gasteiger partial charge in [0.15, 0.2) is 5.82 Å². The molecule has 3 aromatic heterocycles. The quantitative estimate of drug-likeness (QED) is 0.695. The first kappa shape index (κ1) is 17.0. The number of pyridine rings is 2. The number of carbonyl (C=O) groups excluding carboxylic acids is 1. The smallest absolute Gasteiger partial charge is 0.253 e. The fourth-order valence-electron chi connectivity index (χ4n) is 2.66. The van der Waals surface area contributed by atoms with E-state index in [4.69, 9.17) is 4.74 Å². The molecule has 1 aliphatic rings. The Hall–Kier alpha value is -3.42. The molecule has 0 radical (unpaired) electrons. The second kappa shape index (κ2) is 7.06. The van der Waals surface area contributed by atoms with Gasteiger partial charge in [-0.1, -0.05) is 0 Å². The molecule has 0 unspecified atom stereocenters. The Bertz CT molecular complexity index is 964. The summed E-state index contributed by atoms with van der Waals surface area (Å²) in [6, 6.07) is 7.11. The summed E-state index contributed by atoms with van der Waals surface area (Å²) in [7, 11) is 0. The van der Waals surface area contributed by atoms with E-state index in [0.717, 1.165) is 18.4 Å². The molecule has 8 nitrogen and oxygen atoms in total. The maximum Gasteiger partial charge on any atom is 0.253 e. The van der Waals surface area contributed by atoms with Crippen LogP contribution in [0.2, 0.25) is 0 Å². The maximum absolute atomic E-state index is 12.0. The van der Waals surface area contributed by atoms with Gasteiger partial charge in [0.05, 0.1) is 23.9 Å². The molecule has 138 valence electrons. The van der Waals surface area contributed by atoms with Gasteiger partial charge in [-0.15, -0.1) is 0 Å². The summed E-state index contributed by atoms with van der Waals surface area (Å²) in [5.41, 5.74) is 1.75. The molecule has 3 heterocycles. The molecule has 1 amide bonds. The van der Waals surface area contributed by atoms with Crippen molar-refractivity contribution in [2.24, 2.45) is 0 Å². The van der Waals surface area contributed by atoms with E-state index in [9.17, 15) is 9.90 Å². The Labute approximate surface area is 155 Å². The molecule has 1 fully saturated rings. The molecule has 1 aliphatic carbocycles. The normalized spacial score (nSPS) is 13.4. The molecule has 8 heteroatoms. The first-order valence-corrected chi connectivity index (χ1v) is 8.79. The van der Waals surface area contributed by atoms with E-state index in [0.29, 0.717) is 29.4 Å². The number of aromatic hydroxyl groups is 1. The fraction of sp³-hybridized carbons (Fsp3) is 0.263. The Morgan fingerprint density at radius 2 is 2.15 bits per heavy atom. The second-order valence-electron chi connectivity index (χ2n) is 6.26. The van der Waals surface area contributed by atoms with E-state index in [1.165, 1.54) is 10.9 Å². The monoisotopic (exact) mass is 365 g/mol. The number of ether oxygens (including phenoxy) is 1. The molecule has 0 atom stereocenters. The highest BCUT2D eigenvalue weighted by Gasteiger charge is 2.24. The number of hydrogen-bond donors (Lipinski definition) is 2. The third kappa shape index (κ3) is 3.59. The van der Waals surface area contributed by atoms with Gasteiger partial charge in [-0.25, -0.2) is 9.97 Å². The Kier molecular flexibility index (Phi) is 4.45. The van der Waals surface area contributed by atoms with Crippen LogP contribution in [0.5, 0.6) is 11.8 Å². The van der Waals surface area contributed by atoms with Crippen LogP contribution in [0, 0.1) is 0 Å². The highest BCUT2D eigenvalue weighted by molar-refractivity contribution is 5.94. The summed E-state index contributed by atoms with van der Waals surface area (Å²) in [5, 5.41) is 17.7. The average Bonchev–Trinajstić information content (AvgIpc) is 3.41. The Morgan fingerprint density at radius 1 is 1.30 bits per heavy atom. The average molecular weight is 365 g/mol. The molecular weight excluding hydrogens is 346 g/mol. The standard InChI is InChI=1S/C19H19N5O3/c1-2-27-17-9-12(7-8-20-17)15-11-22-24(19(15)26)16-6-3-13(10-21-16)18(25)23-14-4-5-14/h3,6-11,14,26H,2,4-5H2,1H3,(H,23,25). The van der Waals surface area contributed by atoms with Crippen molar-refractivity contribution in [3.05, 3.63) is 48.4 Å². The van der Waals surface area contributed by atoms with E-state index in [-0.39, 0.29) is 17.8 Å². The summed E-state index contributed by atoms with van der Waals surface area (Å²) in [6.45, 7) is 2.39. The van der Waals surface area contributed by atoms with Gasteiger partial charge in [0.1, 0.15) is 0 Å². The molecule has 2 N–H and O–H groups in total. The first-order valence-electron chi connectivity index (χ1n) is 8.79. The summed E-state index contributed by atoms with van der Waals surface area (Å²) < 4.78 is 6.71. The van der Waals surface area contributed by atoms with Crippen molar-refractivity contribution in [1.82, 2.24) is 25.1 Å². The predicted octanol–water partition coefficient (Wildman–Crippen LogP) is 2.33. The summed E-state index contributed by atoms with van der Waals surface area (Å²) in [4.78, 5) is 20.4. The number of amides is 1. The molecule has 4 rings (SSSR count). The Balaban J connectivity index is 1.58. The van der Waals surface area contributed by atoms with Crippen LogP contribution >= 0.6 is 0 Å². The van der Waals surface area contributed by atoms with Gasteiger partial charge in [-0.3, -0.25) is 4.79 Å². The van der Waals surface area contributed by atoms with E-state index < -0.39 is 0 Å². The highest BCUT2D eigenvalue weighted by atomic mass is 16.5. The number of carbonyl (C=O) groups is 1. The van der Waals surface area contributed by atoms with Gasteiger partial charge >= 0.3 is 0 Å². The summed E-state index contributed by atoms with van der Waals surface area (Å²) in [6.07, 6.45) is 6.70. The van der Waals surface area contributed by atoms with Crippen LogP contribution < -0.4 is 10.1 Å².